The number of amides is 1. The molecule has 0 aromatic carbocycles. The predicted octanol–water partition coefficient (Wildman–Crippen LogP) is -1.12. The van der Waals surface area contributed by atoms with Gasteiger partial charge in [0.15, 0.2) is 5.96 Å². The van der Waals surface area contributed by atoms with Crippen molar-refractivity contribution in [3.8, 4) is 0 Å². The molecule has 0 saturated carbocycles. The molecule has 0 aliphatic carbocycles. The van der Waals surface area contributed by atoms with Crippen molar-refractivity contribution in [2.24, 2.45) is 16.5 Å². The number of nitrogens with zero attached hydrogens (tertiary/aromatic N) is 1. The zero-order valence-electron chi connectivity index (χ0n) is 9.81. The number of hydrogen-bond donors (Lipinski definition) is 3. The Bertz CT molecular complexity index is 311. The second-order valence-electron chi connectivity index (χ2n) is 3.24. The van der Waals surface area contributed by atoms with Gasteiger partial charge >= 0.3 is 5.97 Å². The van der Waals surface area contributed by atoms with Gasteiger partial charge in [-0.05, 0) is 18.9 Å². The summed E-state index contributed by atoms with van der Waals surface area (Å²) in [6.45, 7) is 3.69. The maximum absolute atomic E-state index is 11.3. The third kappa shape index (κ3) is 6.93. The zero-order valence-corrected chi connectivity index (χ0v) is 9.81. The predicted molar refractivity (Wildman–Crippen MR) is 64.1 cm³/mol. The summed E-state index contributed by atoms with van der Waals surface area (Å²) in [7, 11) is 1.26. The van der Waals surface area contributed by atoms with E-state index in [1.54, 1.807) is 0 Å². The first-order valence-corrected chi connectivity index (χ1v) is 5.07. The molecule has 0 bridgehead atoms. The average Bonchev–Trinajstić information content (AvgIpc) is 2.31. The van der Waals surface area contributed by atoms with Crippen molar-refractivity contribution in [2.75, 3.05) is 13.7 Å². The van der Waals surface area contributed by atoms with E-state index in [1.165, 1.54) is 7.11 Å². The summed E-state index contributed by atoms with van der Waals surface area (Å²) in [5, 5.41) is 2.46. The quantitative estimate of drug-likeness (QED) is 0.172. The van der Waals surface area contributed by atoms with Gasteiger partial charge in [0.2, 0.25) is 5.91 Å². The fraction of sp³-hybridized carbons (Fsp3) is 0.500. The summed E-state index contributed by atoms with van der Waals surface area (Å²) in [6, 6.07) is -0.709. The summed E-state index contributed by atoms with van der Waals surface area (Å²) in [6.07, 6.45) is 2.03. The first-order chi connectivity index (χ1) is 8.01. The number of carbonyl (C=O) groups is 2. The largest absolute Gasteiger partial charge is 0.467 e. The molecule has 7 nitrogen and oxygen atoms in total. The maximum Gasteiger partial charge on any atom is 0.328 e. The van der Waals surface area contributed by atoms with Crippen LogP contribution in [0.2, 0.25) is 0 Å². The average molecular weight is 242 g/mol. The van der Waals surface area contributed by atoms with Gasteiger partial charge in [-0.1, -0.05) is 6.58 Å². The van der Waals surface area contributed by atoms with E-state index < -0.39 is 17.9 Å². The molecule has 0 saturated heterocycles. The van der Waals surface area contributed by atoms with Crippen molar-refractivity contribution in [2.45, 2.75) is 18.9 Å². The Balaban J connectivity index is 4.20. The first-order valence-electron chi connectivity index (χ1n) is 5.07. The number of nitrogens with two attached hydrogens (primary N) is 2. The Labute approximate surface area is 99.9 Å². The van der Waals surface area contributed by atoms with E-state index in [-0.39, 0.29) is 5.96 Å². The Morgan fingerprint density at radius 3 is 2.65 bits per heavy atom. The molecule has 0 heterocycles. The molecule has 7 heteroatoms. The molecule has 0 radical (unpaired) electrons. The third-order valence-electron chi connectivity index (χ3n) is 1.93. The molecule has 17 heavy (non-hydrogen) atoms. The van der Waals surface area contributed by atoms with Gasteiger partial charge in [0, 0.05) is 6.54 Å². The number of rotatable bonds is 7. The van der Waals surface area contributed by atoms with Gasteiger partial charge in [0.1, 0.15) is 6.04 Å². The molecular formula is C10H18N4O3. The van der Waals surface area contributed by atoms with Gasteiger partial charge in [-0.25, -0.2) is 4.79 Å². The van der Waals surface area contributed by atoms with Crippen LogP contribution in [-0.4, -0.2) is 37.5 Å². The van der Waals surface area contributed by atoms with Crippen LogP contribution in [0.5, 0.6) is 0 Å². The maximum atomic E-state index is 11.3. The van der Waals surface area contributed by atoms with E-state index in [9.17, 15) is 9.59 Å². The summed E-state index contributed by atoms with van der Waals surface area (Å²) in [4.78, 5) is 26.2. The summed E-state index contributed by atoms with van der Waals surface area (Å²) in [5.41, 5.74) is 10.3. The minimum atomic E-state index is -0.709. The zero-order chi connectivity index (χ0) is 13.3. The van der Waals surface area contributed by atoms with Crippen LogP contribution in [0.3, 0.4) is 0 Å². The molecule has 0 aliphatic rings. The number of ether oxygens (including phenoxy) is 1. The summed E-state index contributed by atoms with van der Waals surface area (Å²) in [5.74, 6) is -0.943. The van der Waals surface area contributed by atoms with E-state index in [2.05, 4.69) is 21.6 Å². The van der Waals surface area contributed by atoms with Gasteiger partial charge < -0.3 is 21.5 Å². The van der Waals surface area contributed by atoms with Crippen LogP contribution >= 0.6 is 0 Å². The summed E-state index contributed by atoms with van der Waals surface area (Å²) >= 11 is 0. The highest BCUT2D eigenvalue weighted by Gasteiger charge is 2.19. The van der Waals surface area contributed by atoms with Crippen molar-refractivity contribution in [3.05, 3.63) is 12.7 Å². The highest BCUT2D eigenvalue weighted by molar-refractivity contribution is 5.90. The lowest BCUT2D eigenvalue weighted by Gasteiger charge is -2.14. The Kier molecular flexibility index (Phi) is 7.16. The molecule has 0 aliphatic heterocycles. The van der Waals surface area contributed by atoms with Gasteiger partial charge in [0.25, 0.3) is 0 Å². The van der Waals surface area contributed by atoms with E-state index >= 15 is 0 Å². The standard InChI is InChI=1S/C10H18N4O3/c1-3-8(15)14-7(9(16)17-2)5-4-6-13-10(11)12/h3,7H,1,4-6H2,2H3,(H,14,15)(H4,11,12,13). The summed E-state index contributed by atoms with van der Waals surface area (Å²) < 4.78 is 4.56. The lowest BCUT2D eigenvalue weighted by atomic mass is 10.1. The Hall–Kier alpha value is -2.05. The number of methoxy groups -OCH3 is 1. The molecule has 0 aromatic heterocycles. The van der Waals surface area contributed by atoms with Crippen LogP contribution in [0, 0.1) is 0 Å². The van der Waals surface area contributed by atoms with Crippen molar-refractivity contribution < 1.29 is 14.3 Å². The molecule has 96 valence electrons. The normalized spacial score (nSPS) is 11.1. The lowest BCUT2D eigenvalue weighted by molar-refractivity contribution is -0.144. The molecule has 5 N–H and O–H groups in total. The van der Waals surface area contributed by atoms with Crippen LogP contribution in [0.4, 0.5) is 0 Å². The SMILES string of the molecule is C=CC(=O)NC(CCCN=C(N)N)C(=O)OC. The minimum absolute atomic E-state index is 0.00487. The van der Waals surface area contributed by atoms with E-state index in [0.717, 1.165) is 6.08 Å². The van der Waals surface area contributed by atoms with Crippen molar-refractivity contribution in [3.63, 3.8) is 0 Å². The van der Waals surface area contributed by atoms with Gasteiger partial charge in [0.05, 0.1) is 7.11 Å². The van der Waals surface area contributed by atoms with Crippen molar-refractivity contribution in [1.82, 2.24) is 5.32 Å². The molecule has 0 spiro atoms. The molecular weight excluding hydrogens is 224 g/mol. The first kappa shape index (κ1) is 14.9. The number of guanidine groups is 1. The number of hydrogen-bond acceptors (Lipinski definition) is 4. The van der Waals surface area contributed by atoms with E-state index in [1.807, 2.05) is 0 Å². The van der Waals surface area contributed by atoms with Crippen LogP contribution in [-0.2, 0) is 14.3 Å². The highest BCUT2D eigenvalue weighted by Crippen LogP contribution is 2.00. The van der Waals surface area contributed by atoms with Crippen LogP contribution in [0.15, 0.2) is 17.6 Å². The second-order valence-corrected chi connectivity index (χ2v) is 3.24. The lowest BCUT2D eigenvalue weighted by Crippen LogP contribution is -2.40. The van der Waals surface area contributed by atoms with Crippen LogP contribution in [0.25, 0.3) is 0 Å². The molecule has 1 unspecified atom stereocenters. The fourth-order valence-corrected chi connectivity index (χ4v) is 1.13. The van der Waals surface area contributed by atoms with E-state index in [4.69, 9.17) is 11.5 Å². The third-order valence-corrected chi connectivity index (χ3v) is 1.93. The molecule has 0 aromatic rings. The number of aliphatic imine (C=N–C) groups is 1. The minimum Gasteiger partial charge on any atom is -0.467 e. The Morgan fingerprint density at radius 2 is 2.18 bits per heavy atom. The fourth-order valence-electron chi connectivity index (χ4n) is 1.13. The molecule has 0 fully saturated rings. The van der Waals surface area contributed by atoms with Gasteiger partial charge in [-0.15, -0.1) is 0 Å². The number of nitrogens with one attached hydrogen (secondary N) is 1. The van der Waals surface area contributed by atoms with Crippen LogP contribution in [0.1, 0.15) is 12.8 Å². The smallest absolute Gasteiger partial charge is 0.328 e. The van der Waals surface area contributed by atoms with Crippen LogP contribution < -0.4 is 16.8 Å². The molecule has 0 rings (SSSR count). The molecule has 1 atom stereocenters. The highest BCUT2D eigenvalue weighted by atomic mass is 16.5. The van der Waals surface area contributed by atoms with Crippen molar-refractivity contribution in [1.29, 1.82) is 0 Å². The van der Waals surface area contributed by atoms with Crippen molar-refractivity contribution >= 4 is 17.8 Å². The molecule has 1 amide bonds. The monoisotopic (exact) mass is 242 g/mol. The number of esters is 1. The Morgan fingerprint density at radius 1 is 1.53 bits per heavy atom. The van der Waals surface area contributed by atoms with Gasteiger partial charge in [-0.3, -0.25) is 9.79 Å². The number of carbonyl (C=O) groups excluding carboxylic acids is 2. The topological polar surface area (TPSA) is 120 Å². The van der Waals surface area contributed by atoms with E-state index in [0.29, 0.717) is 19.4 Å². The van der Waals surface area contributed by atoms with Gasteiger partial charge in [-0.2, -0.15) is 0 Å². The second kappa shape index (κ2) is 8.14.